The summed E-state index contributed by atoms with van der Waals surface area (Å²) in [5.74, 6) is 0. The van der Waals surface area contributed by atoms with Gasteiger partial charge in [-0.25, -0.2) is 0 Å². The Labute approximate surface area is 96.4 Å². The number of nitrogens with one attached hydrogen (secondary N) is 2. The van der Waals surface area contributed by atoms with Crippen molar-refractivity contribution in [3.63, 3.8) is 0 Å². The maximum absolute atomic E-state index is 7.67. The van der Waals surface area contributed by atoms with Crippen LogP contribution in [0.4, 0.5) is 0 Å². The first-order valence-electron chi connectivity index (χ1n) is 5.26. The minimum atomic E-state index is 0.425. The molecule has 0 aromatic carbocycles. The minimum Gasteiger partial charge on any atom is -0.309 e. The molecule has 1 aliphatic rings. The third kappa shape index (κ3) is 5.70. The molecule has 82 valence electrons. The molecule has 0 unspecified atom stereocenters. The normalized spacial score (nSPS) is 27.8. The molecule has 1 rings (SSSR count). The van der Waals surface area contributed by atoms with Crippen molar-refractivity contribution < 1.29 is 0 Å². The zero-order valence-corrected chi connectivity index (χ0v) is 9.19. The summed E-state index contributed by atoms with van der Waals surface area (Å²) in [5.41, 5.74) is 1.04. The van der Waals surface area contributed by atoms with Crippen molar-refractivity contribution >= 4 is 11.4 Å². The van der Waals surface area contributed by atoms with E-state index in [0.717, 1.165) is 0 Å². The molecule has 1 aliphatic carbocycles. The molecule has 0 amide bonds. The summed E-state index contributed by atoms with van der Waals surface area (Å²) in [6.07, 6.45) is 20.0. The van der Waals surface area contributed by atoms with Gasteiger partial charge in [0.2, 0.25) is 0 Å². The number of rotatable bonds is 0. The van der Waals surface area contributed by atoms with E-state index >= 15 is 0 Å². The van der Waals surface area contributed by atoms with Crippen LogP contribution in [0.5, 0.6) is 0 Å². The number of allylic oxidation sites excluding steroid dienone is 10. The topological polar surface area (TPSA) is 47.7 Å². The Hall–Kier alpha value is -1.96. The van der Waals surface area contributed by atoms with E-state index < -0.39 is 0 Å². The van der Waals surface area contributed by atoms with Gasteiger partial charge in [-0.05, 0) is 6.08 Å². The van der Waals surface area contributed by atoms with E-state index in [1.165, 1.54) is 0 Å². The highest BCUT2D eigenvalue weighted by atomic mass is 14.5. The van der Waals surface area contributed by atoms with Crippen LogP contribution in [0.25, 0.3) is 0 Å². The van der Waals surface area contributed by atoms with Gasteiger partial charge in [-0.3, -0.25) is 0 Å². The van der Waals surface area contributed by atoms with Crippen LogP contribution in [0.3, 0.4) is 0 Å². The average molecular weight is 212 g/mol. The fourth-order valence-electron chi connectivity index (χ4n) is 1.21. The van der Waals surface area contributed by atoms with Crippen molar-refractivity contribution in [3.8, 4) is 0 Å². The van der Waals surface area contributed by atoms with Gasteiger partial charge in [-0.15, -0.1) is 0 Å². The van der Waals surface area contributed by atoms with Crippen LogP contribution in [-0.2, 0) is 0 Å². The Morgan fingerprint density at radius 2 is 1.31 bits per heavy atom. The molecule has 0 saturated carbocycles. The largest absolute Gasteiger partial charge is 0.309 e. The van der Waals surface area contributed by atoms with Gasteiger partial charge < -0.3 is 10.8 Å². The Morgan fingerprint density at radius 3 is 2.00 bits per heavy atom. The minimum absolute atomic E-state index is 0.425. The molecular weight excluding hydrogens is 196 g/mol. The molecule has 0 aromatic heterocycles. The second kappa shape index (κ2) is 7.35. The molecule has 2 heteroatoms. The summed E-state index contributed by atoms with van der Waals surface area (Å²) < 4.78 is 0. The molecule has 0 radical (unpaired) electrons. The lowest BCUT2D eigenvalue weighted by atomic mass is 10.1. The van der Waals surface area contributed by atoms with Crippen LogP contribution in [0.1, 0.15) is 12.8 Å². The Balaban J connectivity index is 2.72. The van der Waals surface area contributed by atoms with Crippen molar-refractivity contribution in [2.75, 3.05) is 0 Å². The summed E-state index contributed by atoms with van der Waals surface area (Å²) in [7, 11) is 0. The third-order valence-electron chi connectivity index (χ3n) is 1.98. The van der Waals surface area contributed by atoms with Gasteiger partial charge in [0.25, 0.3) is 0 Å². The van der Waals surface area contributed by atoms with Crippen LogP contribution in [0.2, 0.25) is 0 Å². The highest BCUT2D eigenvalue weighted by Crippen LogP contribution is 1.97. The lowest BCUT2D eigenvalue weighted by Crippen LogP contribution is -2.02. The SMILES string of the molecule is N=C1\C=C/C=C\C=C/C=C\C=C/CC(=N)C1. The van der Waals surface area contributed by atoms with Gasteiger partial charge in [0, 0.05) is 24.3 Å². The lowest BCUT2D eigenvalue weighted by molar-refractivity contribution is 1.28. The van der Waals surface area contributed by atoms with Gasteiger partial charge in [-0.2, -0.15) is 0 Å². The molecule has 0 spiro atoms. The van der Waals surface area contributed by atoms with Crippen molar-refractivity contribution in [1.29, 1.82) is 10.8 Å². The zero-order valence-electron chi connectivity index (χ0n) is 9.19. The van der Waals surface area contributed by atoms with Gasteiger partial charge >= 0.3 is 0 Å². The summed E-state index contributed by atoms with van der Waals surface area (Å²) in [4.78, 5) is 0. The predicted octanol–water partition coefficient (Wildman–Crippen LogP) is 3.60. The van der Waals surface area contributed by atoms with E-state index in [1.807, 2.05) is 54.7 Å². The van der Waals surface area contributed by atoms with Crippen molar-refractivity contribution in [2.24, 2.45) is 0 Å². The van der Waals surface area contributed by atoms with Crippen LogP contribution in [0.15, 0.2) is 60.8 Å². The van der Waals surface area contributed by atoms with Crippen LogP contribution >= 0.6 is 0 Å². The third-order valence-corrected chi connectivity index (χ3v) is 1.98. The summed E-state index contributed by atoms with van der Waals surface area (Å²) >= 11 is 0. The van der Waals surface area contributed by atoms with Gasteiger partial charge in [-0.1, -0.05) is 54.7 Å². The number of hydrogen-bond acceptors (Lipinski definition) is 2. The molecule has 0 aromatic rings. The first-order chi connectivity index (χ1) is 7.79. The Kier molecular flexibility index (Phi) is 5.56. The van der Waals surface area contributed by atoms with E-state index in [2.05, 4.69) is 0 Å². The highest BCUT2D eigenvalue weighted by molar-refractivity contribution is 6.07. The van der Waals surface area contributed by atoms with E-state index in [1.54, 1.807) is 6.08 Å². The Bertz CT molecular complexity index is 393. The molecule has 16 heavy (non-hydrogen) atoms. The van der Waals surface area contributed by atoms with E-state index in [-0.39, 0.29) is 0 Å². The van der Waals surface area contributed by atoms with Crippen molar-refractivity contribution in [3.05, 3.63) is 60.8 Å². The molecule has 0 bridgehead atoms. The van der Waals surface area contributed by atoms with Gasteiger partial charge in [0.05, 0.1) is 0 Å². The molecule has 2 nitrogen and oxygen atoms in total. The summed E-state index contributed by atoms with van der Waals surface area (Å²) in [5, 5.41) is 15.3. The predicted molar refractivity (Wildman–Crippen MR) is 70.4 cm³/mol. The van der Waals surface area contributed by atoms with E-state index in [0.29, 0.717) is 24.3 Å². The Morgan fingerprint density at radius 1 is 0.750 bits per heavy atom. The lowest BCUT2D eigenvalue weighted by Gasteiger charge is -1.98. The molecular formula is C14H16N2. The molecule has 0 atom stereocenters. The maximum atomic E-state index is 7.67. The maximum Gasteiger partial charge on any atom is 0.0369 e. The molecule has 0 heterocycles. The van der Waals surface area contributed by atoms with Gasteiger partial charge in [0.15, 0.2) is 0 Å². The van der Waals surface area contributed by atoms with Crippen LogP contribution < -0.4 is 0 Å². The van der Waals surface area contributed by atoms with Crippen molar-refractivity contribution in [2.45, 2.75) is 12.8 Å². The fourth-order valence-corrected chi connectivity index (χ4v) is 1.21. The van der Waals surface area contributed by atoms with Crippen LogP contribution in [0, 0.1) is 10.8 Å². The second-order valence-corrected chi connectivity index (χ2v) is 3.45. The zero-order chi connectivity index (χ0) is 11.6. The van der Waals surface area contributed by atoms with E-state index in [4.69, 9.17) is 10.8 Å². The first-order valence-corrected chi connectivity index (χ1v) is 5.26. The van der Waals surface area contributed by atoms with E-state index in [9.17, 15) is 0 Å². The molecule has 0 aliphatic heterocycles. The van der Waals surface area contributed by atoms with Gasteiger partial charge in [0.1, 0.15) is 0 Å². The number of hydrogen-bond donors (Lipinski definition) is 2. The molecule has 0 fully saturated rings. The van der Waals surface area contributed by atoms with Crippen molar-refractivity contribution in [1.82, 2.24) is 0 Å². The highest BCUT2D eigenvalue weighted by Gasteiger charge is 1.97. The molecule has 2 N–H and O–H groups in total. The smallest absolute Gasteiger partial charge is 0.0369 e. The first kappa shape index (κ1) is 12.1. The standard InChI is InChI=1S/C14H16N2/c15-13-10-8-6-4-2-1-3-5-7-9-11-14(16)12-13/h1-10,15-16H,11-12H2/b2-1-,5-3-,6-4-,9-7-,10-8-,15-13?,16-14?. The van der Waals surface area contributed by atoms with Crippen LogP contribution in [-0.4, -0.2) is 11.4 Å². The second-order valence-electron chi connectivity index (χ2n) is 3.45. The molecule has 0 saturated heterocycles. The quantitative estimate of drug-likeness (QED) is 0.616. The fraction of sp³-hybridized carbons (Fsp3) is 0.143. The summed E-state index contributed by atoms with van der Waals surface area (Å²) in [6.45, 7) is 0. The summed E-state index contributed by atoms with van der Waals surface area (Å²) in [6, 6.07) is 0. The monoisotopic (exact) mass is 212 g/mol. The average Bonchev–Trinajstić information content (AvgIpc) is 2.25.